The van der Waals surface area contributed by atoms with Gasteiger partial charge in [0.15, 0.2) is 11.6 Å². The molecule has 12 rings (SSSR count). The average Bonchev–Trinajstić information content (AvgIpc) is 4.04. The summed E-state index contributed by atoms with van der Waals surface area (Å²) in [4.78, 5) is 6.75. The van der Waals surface area contributed by atoms with E-state index < -0.39 is 0 Å². The summed E-state index contributed by atoms with van der Waals surface area (Å²) in [5, 5.41) is 7.94. The number of hydrogen-bond acceptors (Lipinski definition) is 4. The molecule has 66 heavy (non-hydrogen) atoms. The van der Waals surface area contributed by atoms with Crippen molar-refractivity contribution >= 4 is 60.0 Å². The Balaban J connectivity index is 0.897. The van der Waals surface area contributed by atoms with Crippen LogP contribution in [0.2, 0.25) is 0 Å². The molecule has 324 valence electrons. The van der Waals surface area contributed by atoms with E-state index >= 15 is 0 Å². The first-order valence-corrected chi connectivity index (χ1v) is 25.3. The van der Waals surface area contributed by atoms with E-state index in [9.17, 15) is 0 Å². The summed E-state index contributed by atoms with van der Waals surface area (Å²) in [6, 6.07) is 40.6. The Kier molecular flexibility index (Phi) is 10.1. The van der Waals surface area contributed by atoms with Crippen LogP contribution in [0.15, 0.2) is 193 Å². The van der Waals surface area contributed by atoms with Gasteiger partial charge in [-0.25, -0.2) is 9.67 Å². The SMILES string of the molecule is CC1C=CC(c2nc(-c3cccc(-c4cccc(C5=CC=CC6c7ccccc7SC56C)c4)c3)n(Cc3cccc4sc5c(C6=CCC(C)(C7=CCC(C)C=C7)C=C6)cccc5c34)n2)=CC1. The van der Waals surface area contributed by atoms with Crippen molar-refractivity contribution in [3.63, 3.8) is 0 Å². The van der Waals surface area contributed by atoms with Gasteiger partial charge < -0.3 is 0 Å². The molecular weight excluding hydrogens is 839 g/mol. The molecule has 0 fully saturated rings. The lowest BCUT2D eigenvalue weighted by atomic mass is 9.73. The molecule has 7 aromatic rings. The lowest BCUT2D eigenvalue weighted by Gasteiger charge is -2.35. The van der Waals surface area contributed by atoms with Crippen LogP contribution >= 0.6 is 23.1 Å². The predicted octanol–water partition coefficient (Wildman–Crippen LogP) is 16.5. The average molecular weight is 892 g/mol. The molecule has 0 radical (unpaired) electrons. The Morgan fingerprint density at radius 1 is 0.712 bits per heavy atom. The van der Waals surface area contributed by atoms with Crippen molar-refractivity contribution < 1.29 is 0 Å². The van der Waals surface area contributed by atoms with Crippen LogP contribution in [0.5, 0.6) is 0 Å². The summed E-state index contributed by atoms with van der Waals surface area (Å²) in [5.41, 5.74) is 13.9. The summed E-state index contributed by atoms with van der Waals surface area (Å²) in [6.07, 6.45) is 31.3. The summed E-state index contributed by atoms with van der Waals surface area (Å²) in [7, 11) is 0. The van der Waals surface area contributed by atoms with Crippen molar-refractivity contribution in [2.75, 3.05) is 0 Å². The van der Waals surface area contributed by atoms with Gasteiger partial charge in [-0.2, -0.15) is 5.10 Å². The van der Waals surface area contributed by atoms with Gasteiger partial charge in [0.05, 0.1) is 11.3 Å². The maximum absolute atomic E-state index is 5.36. The summed E-state index contributed by atoms with van der Waals surface area (Å²) >= 11 is 3.91. The third-order valence-electron chi connectivity index (χ3n) is 14.7. The molecule has 0 amide bonds. The molecule has 0 saturated heterocycles. The highest BCUT2D eigenvalue weighted by Gasteiger charge is 2.46. The molecule has 3 nitrogen and oxygen atoms in total. The Labute approximate surface area is 397 Å². The number of aromatic nitrogens is 3. The van der Waals surface area contributed by atoms with Crippen molar-refractivity contribution in [1.29, 1.82) is 0 Å². The third kappa shape index (κ3) is 7.10. The van der Waals surface area contributed by atoms with Gasteiger partial charge >= 0.3 is 0 Å². The van der Waals surface area contributed by atoms with Gasteiger partial charge in [0.25, 0.3) is 0 Å². The van der Waals surface area contributed by atoms with Crippen LogP contribution in [0.4, 0.5) is 0 Å². The lowest BCUT2D eigenvalue weighted by Crippen LogP contribution is -2.27. The van der Waals surface area contributed by atoms with Crippen LogP contribution in [0.25, 0.3) is 59.4 Å². The van der Waals surface area contributed by atoms with Crippen molar-refractivity contribution in [3.05, 3.63) is 216 Å². The first-order chi connectivity index (χ1) is 32.2. The standard InChI is InChI=1S/C61H53N3S2/c1-39-24-28-42(29-25-39)58-62-59(46-15-8-13-44(37-46)43-12-7-14-45(36-43)52-20-11-21-53-50-17-5-6-22-54(50)66-61(52,53)4)64(63-58)38-47-16-9-23-55-56(47)51-19-10-18-49(57(51)65-55)41-32-34-60(3,35-33-41)48-30-26-40(2)27-31-48/h5-24,26,28-34,36-37,39-40,53H,25,27,35,38H2,1-4H3. The number of rotatable bonds is 8. The fraction of sp³-hybridized carbons (Fsp3) is 0.213. The predicted molar refractivity (Wildman–Crippen MR) is 282 cm³/mol. The highest BCUT2D eigenvalue weighted by molar-refractivity contribution is 8.01. The van der Waals surface area contributed by atoms with Crippen molar-refractivity contribution in [1.82, 2.24) is 14.8 Å². The lowest BCUT2D eigenvalue weighted by molar-refractivity contribution is 0.521. The number of thioether (sulfide) groups is 1. The zero-order chi connectivity index (χ0) is 44.6. The third-order valence-corrected chi connectivity index (χ3v) is 17.4. The first-order valence-electron chi connectivity index (χ1n) is 23.6. The summed E-state index contributed by atoms with van der Waals surface area (Å²) < 4.78 is 4.72. The maximum Gasteiger partial charge on any atom is 0.181 e. The molecule has 5 aliphatic rings. The van der Waals surface area contributed by atoms with Crippen molar-refractivity contribution in [2.45, 2.75) is 69.1 Å². The minimum absolute atomic E-state index is 0.0241. The van der Waals surface area contributed by atoms with Gasteiger partial charge in [-0.1, -0.05) is 179 Å². The van der Waals surface area contributed by atoms with Gasteiger partial charge in [-0.15, -0.1) is 23.1 Å². The Bertz CT molecular complexity index is 3380. The van der Waals surface area contributed by atoms with Crippen molar-refractivity contribution in [3.8, 4) is 22.5 Å². The molecule has 0 bridgehead atoms. The quantitative estimate of drug-likeness (QED) is 0.152. The van der Waals surface area contributed by atoms with E-state index in [2.05, 4.69) is 214 Å². The van der Waals surface area contributed by atoms with E-state index in [1.54, 1.807) is 0 Å². The smallest absolute Gasteiger partial charge is 0.181 e. The van der Waals surface area contributed by atoms with E-state index in [0.29, 0.717) is 24.3 Å². The minimum atomic E-state index is -0.0697. The van der Waals surface area contributed by atoms with E-state index in [4.69, 9.17) is 10.1 Å². The Morgan fingerprint density at radius 3 is 2.26 bits per heavy atom. The van der Waals surface area contributed by atoms with Gasteiger partial charge in [-0.05, 0) is 112 Å². The second-order valence-electron chi connectivity index (χ2n) is 19.4. The van der Waals surface area contributed by atoms with E-state index in [1.165, 1.54) is 75.2 Å². The van der Waals surface area contributed by atoms with Gasteiger partial charge in [0.1, 0.15) is 0 Å². The zero-order valence-electron chi connectivity index (χ0n) is 38.0. The van der Waals surface area contributed by atoms with Crippen LogP contribution < -0.4 is 0 Å². The number of fused-ring (bicyclic) bond motifs is 6. The molecule has 0 saturated carbocycles. The van der Waals surface area contributed by atoms with E-state index in [-0.39, 0.29) is 10.2 Å². The molecule has 0 N–H and O–H groups in total. The van der Waals surface area contributed by atoms with Crippen LogP contribution in [0, 0.1) is 17.3 Å². The molecule has 5 atom stereocenters. The molecule has 5 aromatic carbocycles. The van der Waals surface area contributed by atoms with Crippen LogP contribution in [-0.2, 0) is 6.54 Å². The molecule has 5 unspecified atom stereocenters. The zero-order valence-corrected chi connectivity index (χ0v) is 39.7. The number of hydrogen-bond donors (Lipinski definition) is 0. The largest absolute Gasteiger partial charge is 0.241 e. The molecular formula is C61H53N3S2. The normalized spacial score (nSPS) is 24.3. The second-order valence-corrected chi connectivity index (χ2v) is 22.0. The number of benzene rings is 5. The highest BCUT2D eigenvalue weighted by Crippen LogP contribution is 2.60. The second kappa shape index (κ2) is 16.3. The monoisotopic (exact) mass is 891 g/mol. The van der Waals surface area contributed by atoms with Crippen molar-refractivity contribution in [2.24, 2.45) is 17.3 Å². The van der Waals surface area contributed by atoms with Gasteiger partial charge in [-0.3, -0.25) is 0 Å². The first kappa shape index (κ1) is 41.2. The van der Waals surface area contributed by atoms with E-state index in [1.807, 2.05) is 23.1 Å². The van der Waals surface area contributed by atoms with Gasteiger partial charge in [0, 0.05) is 47.5 Å². The number of nitrogens with zero attached hydrogens (tertiary/aromatic N) is 3. The molecule has 1 aliphatic heterocycles. The number of thiophene rings is 1. The van der Waals surface area contributed by atoms with Gasteiger partial charge in [0.2, 0.25) is 0 Å². The minimum Gasteiger partial charge on any atom is -0.241 e. The molecule has 4 aliphatic carbocycles. The molecule has 2 aromatic heterocycles. The van der Waals surface area contributed by atoms with Crippen LogP contribution in [0.3, 0.4) is 0 Å². The Hall–Kier alpha value is -6.27. The van der Waals surface area contributed by atoms with Crippen LogP contribution in [-0.4, -0.2) is 19.5 Å². The summed E-state index contributed by atoms with van der Waals surface area (Å²) in [5.74, 6) is 3.12. The fourth-order valence-corrected chi connectivity index (χ4v) is 13.7. The number of allylic oxidation sites excluding steroid dienone is 15. The maximum atomic E-state index is 5.36. The molecule has 5 heteroatoms. The van der Waals surface area contributed by atoms with Crippen LogP contribution in [0.1, 0.15) is 81.0 Å². The topological polar surface area (TPSA) is 30.7 Å². The summed E-state index contributed by atoms with van der Waals surface area (Å²) in [6.45, 7) is 9.95. The fourth-order valence-electron chi connectivity index (χ4n) is 10.9. The van der Waals surface area contributed by atoms with E-state index in [0.717, 1.165) is 42.0 Å². The molecule has 0 spiro atoms. The Morgan fingerprint density at radius 2 is 1.47 bits per heavy atom. The highest BCUT2D eigenvalue weighted by atomic mass is 32.2. The molecule has 3 heterocycles.